The highest BCUT2D eigenvalue weighted by Gasteiger charge is 2.30. The number of anilines is 1. The van der Waals surface area contributed by atoms with E-state index >= 15 is 0 Å². The number of nitrogens with zero attached hydrogens (tertiary/aromatic N) is 4. The van der Waals surface area contributed by atoms with E-state index in [0.717, 1.165) is 36.1 Å². The summed E-state index contributed by atoms with van der Waals surface area (Å²) in [6.45, 7) is 1.39. The summed E-state index contributed by atoms with van der Waals surface area (Å²) in [4.78, 5) is 27.3. The highest BCUT2D eigenvalue weighted by molar-refractivity contribution is 7.91. The van der Waals surface area contributed by atoms with Crippen molar-refractivity contribution in [2.75, 3.05) is 37.0 Å². The molecule has 0 aromatic carbocycles. The molecular weight excluding hydrogens is 318 g/mol. The molecule has 23 heavy (non-hydrogen) atoms. The Balaban J connectivity index is 1.73. The minimum atomic E-state index is -3.31. The van der Waals surface area contributed by atoms with Crippen LogP contribution in [0, 0.1) is 0 Å². The number of likely N-dealkylation sites (N-methyl/N-ethyl adjacent to an activating group) is 1. The van der Waals surface area contributed by atoms with Gasteiger partial charge in [-0.15, -0.1) is 0 Å². The van der Waals surface area contributed by atoms with Crippen LogP contribution in [0.2, 0.25) is 0 Å². The summed E-state index contributed by atoms with van der Waals surface area (Å²) in [7, 11) is -1.65. The van der Waals surface area contributed by atoms with Crippen molar-refractivity contribution in [3.05, 3.63) is 18.6 Å². The predicted octanol–water partition coefficient (Wildman–Crippen LogP) is 0.0396. The lowest BCUT2D eigenvalue weighted by Crippen LogP contribution is -2.41. The molecule has 1 fully saturated rings. The zero-order chi connectivity index (χ0) is 16.6. The summed E-state index contributed by atoms with van der Waals surface area (Å²) < 4.78 is 22.6. The maximum atomic E-state index is 12.1. The van der Waals surface area contributed by atoms with Crippen LogP contribution in [0.3, 0.4) is 0 Å². The Morgan fingerprint density at radius 1 is 1.48 bits per heavy atom. The van der Waals surface area contributed by atoms with Gasteiger partial charge < -0.3 is 14.8 Å². The molecule has 8 nitrogen and oxygen atoms in total. The second-order valence-electron chi connectivity index (χ2n) is 5.90. The number of H-pyrrole nitrogens is 1. The highest BCUT2D eigenvalue weighted by atomic mass is 32.2. The van der Waals surface area contributed by atoms with Crippen molar-refractivity contribution in [3.63, 3.8) is 0 Å². The molecular formula is C14H19N5O3S. The van der Waals surface area contributed by atoms with Crippen LogP contribution in [0.4, 0.5) is 5.82 Å². The second-order valence-corrected chi connectivity index (χ2v) is 8.04. The van der Waals surface area contributed by atoms with Gasteiger partial charge in [-0.25, -0.2) is 18.4 Å². The summed E-state index contributed by atoms with van der Waals surface area (Å²) in [6, 6.07) is 1.91. The number of aromatic nitrogens is 3. The number of amides is 1. The third kappa shape index (κ3) is 3.29. The molecule has 1 atom stereocenters. The van der Waals surface area contributed by atoms with Crippen LogP contribution >= 0.6 is 0 Å². The summed E-state index contributed by atoms with van der Waals surface area (Å²) in [5, 5.41) is 0.943. The van der Waals surface area contributed by atoms with Crippen LogP contribution < -0.4 is 4.90 Å². The number of sulfone groups is 1. The van der Waals surface area contributed by atoms with Crippen LogP contribution in [0.5, 0.6) is 0 Å². The number of hydrogen-bond acceptors (Lipinski definition) is 6. The lowest BCUT2D eigenvalue weighted by molar-refractivity contribution is -0.128. The van der Waals surface area contributed by atoms with Crippen LogP contribution in [-0.4, -0.2) is 72.4 Å². The number of fused-ring (bicyclic) bond motifs is 1. The average molecular weight is 337 g/mol. The summed E-state index contributed by atoms with van der Waals surface area (Å²) in [6.07, 6.45) is 5.18. The Kier molecular flexibility index (Phi) is 3.97. The fourth-order valence-electron chi connectivity index (χ4n) is 2.89. The lowest BCUT2D eigenvalue weighted by atomic mass is 10.2. The van der Waals surface area contributed by atoms with E-state index in [1.54, 1.807) is 7.05 Å². The van der Waals surface area contributed by atoms with Gasteiger partial charge in [0.2, 0.25) is 5.91 Å². The Bertz CT molecular complexity index is 832. The van der Waals surface area contributed by atoms with Crippen molar-refractivity contribution < 1.29 is 13.2 Å². The fourth-order valence-corrected chi connectivity index (χ4v) is 3.54. The molecule has 3 heterocycles. The van der Waals surface area contributed by atoms with Gasteiger partial charge >= 0.3 is 0 Å². The van der Waals surface area contributed by atoms with Gasteiger partial charge in [-0.2, -0.15) is 0 Å². The number of rotatable bonds is 4. The SMILES string of the molecule is CN(C(=O)CS(C)(=O)=O)[C@@H]1CCN(c2ncnc3[nH]ccc23)C1. The summed E-state index contributed by atoms with van der Waals surface area (Å²) in [5.41, 5.74) is 0.778. The molecule has 1 amide bonds. The van der Waals surface area contributed by atoms with E-state index in [1.165, 1.54) is 11.2 Å². The third-order valence-corrected chi connectivity index (χ3v) is 4.89. The van der Waals surface area contributed by atoms with E-state index in [1.807, 2.05) is 12.3 Å². The van der Waals surface area contributed by atoms with Gasteiger partial charge in [0, 0.05) is 32.6 Å². The largest absolute Gasteiger partial charge is 0.354 e. The van der Waals surface area contributed by atoms with E-state index in [4.69, 9.17) is 0 Å². The van der Waals surface area contributed by atoms with E-state index in [9.17, 15) is 13.2 Å². The van der Waals surface area contributed by atoms with Crippen LogP contribution in [0.1, 0.15) is 6.42 Å². The molecule has 0 radical (unpaired) electrons. The zero-order valence-electron chi connectivity index (χ0n) is 13.1. The Morgan fingerprint density at radius 2 is 2.26 bits per heavy atom. The molecule has 1 aliphatic heterocycles. The third-order valence-electron chi connectivity index (χ3n) is 4.12. The van der Waals surface area contributed by atoms with E-state index in [2.05, 4.69) is 19.9 Å². The van der Waals surface area contributed by atoms with Crippen LogP contribution in [0.25, 0.3) is 11.0 Å². The molecule has 0 saturated carbocycles. The predicted molar refractivity (Wildman–Crippen MR) is 87.0 cm³/mol. The van der Waals surface area contributed by atoms with Gasteiger partial charge in [0.25, 0.3) is 0 Å². The molecule has 2 aromatic rings. The smallest absolute Gasteiger partial charge is 0.237 e. The molecule has 9 heteroatoms. The molecule has 1 N–H and O–H groups in total. The minimum absolute atomic E-state index is 0.0202. The molecule has 0 bridgehead atoms. The van der Waals surface area contributed by atoms with E-state index in [0.29, 0.717) is 6.54 Å². The standard InChI is InChI=1S/C14H19N5O3S/c1-18(12(20)8-23(2,21)22)10-4-6-19(7-10)14-11-3-5-15-13(11)16-9-17-14/h3,5,9-10H,4,6-8H2,1-2H3,(H,15,16,17)/t10-/m1/s1. The summed E-state index contributed by atoms with van der Waals surface area (Å²) >= 11 is 0. The number of nitrogens with one attached hydrogen (secondary N) is 1. The second kappa shape index (κ2) is 5.80. The molecule has 3 rings (SSSR count). The zero-order valence-corrected chi connectivity index (χ0v) is 13.9. The molecule has 0 spiro atoms. The number of aromatic amines is 1. The molecule has 1 aliphatic rings. The van der Waals surface area contributed by atoms with Crippen LogP contribution in [-0.2, 0) is 14.6 Å². The first-order chi connectivity index (χ1) is 10.8. The molecule has 1 saturated heterocycles. The lowest BCUT2D eigenvalue weighted by Gasteiger charge is -2.25. The number of carbonyl (C=O) groups is 1. The first-order valence-corrected chi connectivity index (χ1v) is 9.37. The van der Waals surface area contributed by atoms with Gasteiger partial charge in [0.15, 0.2) is 9.84 Å². The maximum Gasteiger partial charge on any atom is 0.237 e. The number of hydrogen-bond donors (Lipinski definition) is 1. The Hall–Kier alpha value is -2.16. The van der Waals surface area contributed by atoms with Gasteiger partial charge in [-0.1, -0.05) is 0 Å². The molecule has 2 aromatic heterocycles. The molecule has 124 valence electrons. The molecule has 0 unspecified atom stereocenters. The van der Waals surface area contributed by atoms with Crippen molar-refractivity contribution in [2.45, 2.75) is 12.5 Å². The van der Waals surface area contributed by atoms with Gasteiger partial charge in [-0.3, -0.25) is 4.79 Å². The van der Waals surface area contributed by atoms with Gasteiger partial charge in [0.1, 0.15) is 23.5 Å². The highest BCUT2D eigenvalue weighted by Crippen LogP contribution is 2.26. The fraction of sp³-hybridized carbons (Fsp3) is 0.500. The van der Waals surface area contributed by atoms with Crippen molar-refractivity contribution >= 4 is 32.6 Å². The molecule has 0 aliphatic carbocycles. The normalized spacial score (nSPS) is 18.5. The Morgan fingerprint density at radius 3 is 3.00 bits per heavy atom. The van der Waals surface area contributed by atoms with Crippen LogP contribution in [0.15, 0.2) is 18.6 Å². The van der Waals surface area contributed by atoms with Gasteiger partial charge in [0.05, 0.1) is 11.4 Å². The topological polar surface area (TPSA) is 99.3 Å². The Labute approximate surface area is 134 Å². The first-order valence-electron chi connectivity index (χ1n) is 7.31. The van der Waals surface area contributed by atoms with Crippen molar-refractivity contribution in [3.8, 4) is 0 Å². The quantitative estimate of drug-likeness (QED) is 0.846. The first kappa shape index (κ1) is 15.7. The van der Waals surface area contributed by atoms with Crippen molar-refractivity contribution in [2.24, 2.45) is 0 Å². The average Bonchev–Trinajstić information content (AvgIpc) is 3.13. The van der Waals surface area contributed by atoms with Crippen molar-refractivity contribution in [1.82, 2.24) is 19.9 Å². The summed E-state index contributed by atoms with van der Waals surface area (Å²) in [5.74, 6) is 0.0202. The monoisotopic (exact) mass is 337 g/mol. The van der Waals surface area contributed by atoms with E-state index < -0.39 is 15.6 Å². The number of carbonyl (C=O) groups excluding carboxylic acids is 1. The van der Waals surface area contributed by atoms with Gasteiger partial charge in [-0.05, 0) is 12.5 Å². The maximum absolute atomic E-state index is 12.1. The minimum Gasteiger partial charge on any atom is -0.354 e. The van der Waals surface area contributed by atoms with E-state index in [-0.39, 0.29) is 11.9 Å². The van der Waals surface area contributed by atoms with Crippen molar-refractivity contribution in [1.29, 1.82) is 0 Å².